The fourth-order valence-electron chi connectivity index (χ4n) is 1.43. The van der Waals surface area contributed by atoms with Crippen LogP contribution >= 0.6 is 11.8 Å². The Balaban J connectivity index is 1.81. The molecule has 0 aliphatic carbocycles. The number of hydrogen-bond donors (Lipinski definition) is 1. The molecule has 1 fully saturated rings. The SMILES string of the molecule is COCCCSCC1CCCN1. The van der Waals surface area contributed by atoms with E-state index >= 15 is 0 Å². The molecule has 0 aromatic heterocycles. The lowest BCUT2D eigenvalue weighted by molar-refractivity contribution is 0.200. The number of rotatable bonds is 6. The third-order valence-corrected chi connectivity index (χ3v) is 3.33. The molecule has 2 nitrogen and oxygen atoms in total. The Morgan fingerprint density at radius 2 is 2.50 bits per heavy atom. The maximum Gasteiger partial charge on any atom is 0.0470 e. The average molecular weight is 189 g/mol. The average Bonchev–Trinajstić information content (AvgIpc) is 2.57. The molecule has 0 aromatic carbocycles. The molecule has 0 saturated carbocycles. The van der Waals surface area contributed by atoms with E-state index in [0.717, 1.165) is 12.6 Å². The van der Waals surface area contributed by atoms with Crippen LogP contribution in [0.2, 0.25) is 0 Å². The highest BCUT2D eigenvalue weighted by Gasteiger charge is 2.12. The van der Waals surface area contributed by atoms with E-state index in [1.54, 1.807) is 7.11 Å². The first-order valence-electron chi connectivity index (χ1n) is 4.73. The topological polar surface area (TPSA) is 21.3 Å². The summed E-state index contributed by atoms with van der Waals surface area (Å²) in [5, 5.41) is 3.50. The monoisotopic (exact) mass is 189 g/mol. The van der Waals surface area contributed by atoms with Gasteiger partial charge in [-0.2, -0.15) is 11.8 Å². The predicted molar refractivity (Wildman–Crippen MR) is 54.8 cm³/mol. The molecule has 1 rings (SSSR count). The van der Waals surface area contributed by atoms with Gasteiger partial charge >= 0.3 is 0 Å². The van der Waals surface area contributed by atoms with E-state index in [-0.39, 0.29) is 0 Å². The van der Waals surface area contributed by atoms with Gasteiger partial charge in [-0.3, -0.25) is 0 Å². The van der Waals surface area contributed by atoms with E-state index in [0.29, 0.717) is 0 Å². The Morgan fingerprint density at radius 1 is 1.58 bits per heavy atom. The number of thioether (sulfide) groups is 1. The highest BCUT2D eigenvalue weighted by atomic mass is 32.2. The van der Waals surface area contributed by atoms with Crippen LogP contribution in [0, 0.1) is 0 Å². The molecular weight excluding hydrogens is 170 g/mol. The van der Waals surface area contributed by atoms with E-state index in [2.05, 4.69) is 5.32 Å². The highest BCUT2D eigenvalue weighted by molar-refractivity contribution is 7.99. The molecule has 1 N–H and O–H groups in total. The van der Waals surface area contributed by atoms with Crippen molar-refractivity contribution in [2.45, 2.75) is 25.3 Å². The maximum atomic E-state index is 4.98. The molecule has 3 heteroatoms. The fraction of sp³-hybridized carbons (Fsp3) is 1.00. The van der Waals surface area contributed by atoms with E-state index in [1.807, 2.05) is 11.8 Å². The second-order valence-electron chi connectivity index (χ2n) is 3.21. The molecule has 12 heavy (non-hydrogen) atoms. The molecule has 1 unspecified atom stereocenters. The number of hydrogen-bond acceptors (Lipinski definition) is 3. The van der Waals surface area contributed by atoms with Crippen LogP contribution < -0.4 is 5.32 Å². The summed E-state index contributed by atoms with van der Waals surface area (Å²) in [6, 6.07) is 0.789. The summed E-state index contributed by atoms with van der Waals surface area (Å²) in [6.07, 6.45) is 3.93. The number of methoxy groups -OCH3 is 1. The van der Waals surface area contributed by atoms with Gasteiger partial charge in [0.1, 0.15) is 0 Å². The largest absolute Gasteiger partial charge is 0.385 e. The van der Waals surface area contributed by atoms with Crippen LogP contribution in [0.25, 0.3) is 0 Å². The van der Waals surface area contributed by atoms with Gasteiger partial charge in [-0.15, -0.1) is 0 Å². The van der Waals surface area contributed by atoms with Crippen LogP contribution in [0.15, 0.2) is 0 Å². The molecule has 1 atom stereocenters. The Morgan fingerprint density at radius 3 is 3.17 bits per heavy atom. The summed E-state index contributed by atoms with van der Waals surface area (Å²) < 4.78 is 4.98. The Kier molecular flexibility index (Phi) is 5.82. The van der Waals surface area contributed by atoms with Gasteiger partial charge in [0.05, 0.1) is 0 Å². The molecule has 1 aliphatic rings. The first-order valence-corrected chi connectivity index (χ1v) is 5.89. The first-order chi connectivity index (χ1) is 5.93. The van der Waals surface area contributed by atoms with Crippen molar-refractivity contribution >= 4 is 11.8 Å². The Bertz CT molecular complexity index is 105. The quantitative estimate of drug-likeness (QED) is 0.640. The summed E-state index contributed by atoms with van der Waals surface area (Å²) in [5.74, 6) is 2.52. The Hall–Kier alpha value is 0.270. The highest BCUT2D eigenvalue weighted by Crippen LogP contribution is 2.12. The van der Waals surface area contributed by atoms with Crippen molar-refractivity contribution in [3.63, 3.8) is 0 Å². The minimum absolute atomic E-state index is 0.789. The van der Waals surface area contributed by atoms with Crippen molar-refractivity contribution in [3.05, 3.63) is 0 Å². The lowest BCUT2D eigenvalue weighted by atomic mass is 10.3. The van der Waals surface area contributed by atoms with Crippen LogP contribution in [-0.4, -0.2) is 37.8 Å². The van der Waals surface area contributed by atoms with Gasteiger partial charge in [-0.25, -0.2) is 0 Å². The maximum absolute atomic E-state index is 4.98. The van der Waals surface area contributed by atoms with Crippen molar-refractivity contribution in [2.24, 2.45) is 0 Å². The van der Waals surface area contributed by atoms with Gasteiger partial charge in [0.2, 0.25) is 0 Å². The van der Waals surface area contributed by atoms with Gasteiger partial charge in [-0.1, -0.05) is 0 Å². The standard InChI is InChI=1S/C9H19NOS/c1-11-6-3-7-12-8-9-4-2-5-10-9/h9-10H,2-8H2,1H3. The van der Waals surface area contributed by atoms with Crippen molar-refractivity contribution in [3.8, 4) is 0 Å². The molecule has 1 saturated heterocycles. The smallest absolute Gasteiger partial charge is 0.0470 e. The van der Waals surface area contributed by atoms with Crippen molar-refractivity contribution in [1.82, 2.24) is 5.32 Å². The predicted octanol–water partition coefficient (Wildman–Crippen LogP) is 1.51. The van der Waals surface area contributed by atoms with Gasteiger partial charge in [0.15, 0.2) is 0 Å². The Labute approximate surface area is 79.4 Å². The van der Waals surface area contributed by atoms with Gasteiger partial charge in [0, 0.05) is 25.5 Å². The fourth-order valence-corrected chi connectivity index (χ4v) is 2.49. The molecule has 0 bridgehead atoms. The molecule has 72 valence electrons. The molecule has 0 amide bonds. The number of ether oxygens (including phenoxy) is 1. The normalized spacial score (nSPS) is 23.2. The third kappa shape index (κ3) is 4.33. The van der Waals surface area contributed by atoms with Crippen molar-refractivity contribution < 1.29 is 4.74 Å². The zero-order valence-corrected chi connectivity index (χ0v) is 8.66. The summed E-state index contributed by atoms with van der Waals surface area (Å²) in [6.45, 7) is 2.13. The van der Waals surface area contributed by atoms with Crippen LogP contribution in [-0.2, 0) is 4.74 Å². The summed E-state index contributed by atoms with van der Waals surface area (Å²) >= 11 is 2.05. The van der Waals surface area contributed by atoms with Gasteiger partial charge in [-0.05, 0) is 31.6 Å². The van der Waals surface area contributed by atoms with E-state index in [4.69, 9.17) is 4.74 Å². The summed E-state index contributed by atoms with van der Waals surface area (Å²) in [5.41, 5.74) is 0. The van der Waals surface area contributed by atoms with Crippen molar-refractivity contribution in [2.75, 3.05) is 31.8 Å². The van der Waals surface area contributed by atoms with Crippen LogP contribution in [0.5, 0.6) is 0 Å². The minimum atomic E-state index is 0.789. The lowest BCUT2D eigenvalue weighted by Crippen LogP contribution is -2.23. The molecule has 1 aliphatic heterocycles. The molecule has 0 aromatic rings. The van der Waals surface area contributed by atoms with E-state index in [9.17, 15) is 0 Å². The third-order valence-electron chi connectivity index (χ3n) is 2.12. The zero-order chi connectivity index (χ0) is 8.65. The summed E-state index contributed by atoms with van der Waals surface area (Å²) in [7, 11) is 1.77. The summed E-state index contributed by atoms with van der Waals surface area (Å²) in [4.78, 5) is 0. The lowest BCUT2D eigenvalue weighted by Gasteiger charge is -2.08. The molecule has 0 radical (unpaired) electrons. The molecule has 0 spiro atoms. The first kappa shape index (κ1) is 10.4. The minimum Gasteiger partial charge on any atom is -0.385 e. The van der Waals surface area contributed by atoms with Crippen LogP contribution in [0.4, 0.5) is 0 Å². The van der Waals surface area contributed by atoms with Gasteiger partial charge in [0.25, 0.3) is 0 Å². The van der Waals surface area contributed by atoms with Crippen LogP contribution in [0.3, 0.4) is 0 Å². The second kappa shape index (κ2) is 6.75. The van der Waals surface area contributed by atoms with E-state index < -0.39 is 0 Å². The van der Waals surface area contributed by atoms with Crippen molar-refractivity contribution in [1.29, 1.82) is 0 Å². The molecular formula is C9H19NOS. The van der Waals surface area contributed by atoms with E-state index in [1.165, 1.54) is 37.3 Å². The molecule has 1 heterocycles. The van der Waals surface area contributed by atoms with Crippen LogP contribution in [0.1, 0.15) is 19.3 Å². The van der Waals surface area contributed by atoms with Gasteiger partial charge < -0.3 is 10.1 Å². The zero-order valence-electron chi connectivity index (χ0n) is 7.84. The number of nitrogens with one attached hydrogen (secondary N) is 1. The second-order valence-corrected chi connectivity index (χ2v) is 4.36.